The van der Waals surface area contributed by atoms with Crippen LogP contribution in [-0.4, -0.2) is 49.3 Å². The van der Waals surface area contributed by atoms with Crippen molar-refractivity contribution in [3.8, 4) is 0 Å². The zero-order valence-electron chi connectivity index (χ0n) is 7.90. The largest absolute Gasteiger partial charge is 0.469 e. The van der Waals surface area contributed by atoms with E-state index in [2.05, 4.69) is 4.74 Å². The Hall–Kier alpha value is -0.130. The Morgan fingerprint density at radius 2 is 2.23 bits per heavy atom. The average molecular weight is 254 g/mol. The summed E-state index contributed by atoms with van der Waals surface area (Å²) in [5.41, 5.74) is 0. The van der Waals surface area contributed by atoms with Crippen LogP contribution in [-0.2, 0) is 9.53 Å². The van der Waals surface area contributed by atoms with Crippen LogP contribution in [0.3, 0.4) is 0 Å². The maximum Gasteiger partial charge on any atom is 0.312 e. The van der Waals surface area contributed by atoms with Gasteiger partial charge >= 0.3 is 5.97 Å². The number of aliphatic hydroxyl groups is 1. The Morgan fingerprint density at radius 3 is 2.77 bits per heavy atom. The highest BCUT2D eigenvalue weighted by molar-refractivity contribution is 8.93. The fourth-order valence-electron chi connectivity index (χ4n) is 1.49. The van der Waals surface area contributed by atoms with Gasteiger partial charge in [0.15, 0.2) is 0 Å². The van der Waals surface area contributed by atoms with Crippen molar-refractivity contribution in [3.63, 3.8) is 0 Å². The van der Waals surface area contributed by atoms with Gasteiger partial charge in [0.1, 0.15) is 0 Å². The minimum atomic E-state index is -0.534. The normalized spacial score (nSPS) is 29.2. The van der Waals surface area contributed by atoms with Crippen molar-refractivity contribution in [2.24, 2.45) is 5.92 Å². The third-order valence-corrected chi connectivity index (χ3v) is 2.28. The number of halogens is 1. The molecule has 0 bridgehead atoms. The number of hydrogen-bond donors (Lipinski definition) is 1. The first-order valence-electron chi connectivity index (χ1n) is 4.09. The standard InChI is InChI=1S/C8H15NO3.BrH/c1-9-4-3-7(10)6(5-9)8(11)12-2;/h6-7,10H,3-5H2,1-2H3;1H. The molecule has 1 rings (SSSR count). The van der Waals surface area contributed by atoms with E-state index in [1.54, 1.807) is 0 Å². The zero-order chi connectivity index (χ0) is 9.14. The molecular formula is C8H16BrNO3. The molecule has 5 heteroatoms. The first-order chi connectivity index (χ1) is 5.65. The minimum Gasteiger partial charge on any atom is -0.469 e. The van der Waals surface area contributed by atoms with Gasteiger partial charge in [0, 0.05) is 13.1 Å². The number of ether oxygens (including phenoxy) is 1. The van der Waals surface area contributed by atoms with Crippen LogP contribution in [0.25, 0.3) is 0 Å². The molecule has 78 valence electrons. The van der Waals surface area contributed by atoms with Crippen molar-refractivity contribution in [2.75, 3.05) is 27.2 Å². The molecule has 0 spiro atoms. The maximum absolute atomic E-state index is 11.1. The average Bonchev–Trinajstić information content (AvgIpc) is 2.08. The highest BCUT2D eigenvalue weighted by Gasteiger charge is 2.32. The Labute approximate surface area is 88.6 Å². The highest BCUT2D eigenvalue weighted by Crippen LogP contribution is 2.16. The van der Waals surface area contributed by atoms with Crippen LogP contribution < -0.4 is 0 Å². The number of likely N-dealkylation sites (tertiary alicyclic amines) is 1. The van der Waals surface area contributed by atoms with Gasteiger partial charge in [-0.25, -0.2) is 0 Å². The summed E-state index contributed by atoms with van der Waals surface area (Å²) < 4.78 is 4.58. The van der Waals surface area contributed by atoms with E-state index in [1.165, 1.54) is 7.11 Å². The minimum absolute atomic E-state index is 0. The van der Waals surface area contributed by atoms with Gasteiger partial charge < -0.3 is 14.7 Å². The Morgan fingerprint density at radius 1 is 1.62 bits per heavy atom. The Kier molecular flexibility index (Phi) is 5.51. The Balaban J connectivity index is 0.00000144. The van der Waals surface area contributed by atoms with Gasteiger partial charge in [-0.3, -0.25) is 4.79 Å². The lowest BCUT2D eigenvalue weighted by atomic mass is 9.95. The molecule has 1 fully saturated rings. The second kappa shape index (κ2) is 5.57. The lowest BCUT2D eigenvalue weighted by Crippen LogP contribution is -2.45. The predicted molar refractivity (Wildman–Crippen MR) is 53.9 cm³/mol. The maximum atomic E-state index is 11.1. The first kappa shape index (κ1) is 12.9. The van der Waals surface area contributed by atoms with Gasteiger partial charge in [-0.1, -0.05) is 0 Å². The van der Waals surface area contributed by atoms with Crippen LogP contribution >= 0.6 is 17.0 Å². The van der Waals surface area contributed by atoms with Crippen LogP contribution in [0.4, 0.5) is 0 Å². The molecule has 0 radical (unpaired) electrons. The van der Waals surface area contributed by atoms with Crippen LogP contribution in [0.2, 0.25) is 0 Å². The van der Waals surface area contributed by atoms with Crippen molar-refractivity contribution in [3.05, 3.63) is 0 Å². The van der Waals surface area contributed by atoms with Gasteiger partial charge in [0.25, 0.3) is 0 Å². The molecule has 0 amide bonds. The number of esters is 1. The number of rotatable bonds is 1. The number of carbonyl (C=O) groups is 1. The van der Waals surface area contributed by atoms with E-state index in [1.807, 2.05) is 11.9 Å². The number of carbonyl (C=O) groups excluding carboxylic acids is 1. The molecule has 1 N–H and O–H groups in total. The highest BCUT2D eigenvalue weighted by atomic mass is 79.9. The molecule has 2 unspecified atom stereocenters. The van der Waals surface area contributed by atoms with Gasteiger partial charge in [0.2, 0.25) is 0 Å². The summed E-state index contributed by atoms with van der Waals surface area (Å²) in [4.78, 5) is 13.1. The molecule has 1 aliphatic heterocycles. The molecule has 13 heavy (non-hydrogen) atoms. The van der Waals surface area contributed by atoms with Crippen molar-refractivity contribution < 1.29 is 14.6 Å². The molecule has 0 aliphatic carbocycles. The lowest BCUT2D eigenvalue weighted by molar-refractivity contribution is -0.152. The summed E-state index contributed by atoms with van der Waals surface area (Å²) >= 11 is 0. The summed E-state index contributed by atoms with van der Waals surface area (Å²) in [6, 6.07) is 0. The van der Waals surface area contributed by atoms with Gasteiger partial charge in [0.05, 0.1) is 19.1 Å². The summed E-state index contributed by atoms with van der Waals surface area (Å²) in [5.74, 6) is -0.678. The molecule has 1 saturated heterocycles. The monoisotopic (exact) mass is 253 g/mol. The third kappa shape index (κ3) is 3.25. The number of hydrogen-bond acceptors (Lipinski definition) is 4. The lowest BCUT2D eigenvalue weighted by Gasteiger charge is -2.31. The topological polar surface area (TPSA) is 49.8 Å². The van der Waals surface area contributed by atoms with Gasteiger partial charge in [-0.2, -0.15) is 0 Å². The SMILES string of the molecule is Br.COC(=O)C1CN(C)CCC1O. The van der Waals surface area contributed by atoms with Crippen molar-refractivity contribution in [1.29, 1.82) is 0 Å². The van der Waals surface area contributed by atoms with Crippen molar-refractivity contribution in [2.45, 2.75) is 12.5 Å². The quantitative estimate of drug-likeness (QED) is 0.672. The van der Waals surface area contributed by atoms with E-state index in [9.17, 15) is 9.90 Å². The van der Waals surface area contributed by atoms with Crippen LogP contribution in [0.15, 0.2) is 0 Å². The zero-order valence-corrected chi connectivity index (χ0v) is 9.61. The molecule has 1 heterocycles. The van der Waals surface area contributed by atoms with E-state index in [0.29, 0.717) is 13.0 Å². The molecule has 1 aliphatic rings. The summed E-state index contributed by atoms with van der Waals surface area (Å²) in [7, 11) is 3.28. The van der Waals surface area contributed by atoms with E-state index in [4.69, 9.17) is 0 Å². The van der Waals surface area contributed by atoms with E-state index in [0.717, 1.165) is 6.54 Å². The van der Waals surface area contributed by atoms with Crippen LogP contribution in [0, 0.1) is 5.92 Å². The smallest absolute Gasteiger partial charge is 0.312 e. The van der Waals surface area contributed by atoms with E-state index < -0.39 is 6.10 Å². The molecule has 2 atom stereocenters. The summed E-state index contributed by atoms with van der Waals surface area (Å²) in [5, 5.41) is 9.46. The number of piperidine rings is 1. The predicted octanol–water partition coefficient (Wildman–Crippen LogP) is 0.0499. The van der Waals surface area contributed by atoms with E-state index >= 15 is 0 Å². The van der Waals surface area contributed by atoms with Gasteiger partial charge in [-0.15, -0.1) is 17.0 Å². The Bertz CT molecular complexity index is 177. The van der Waals surface area contributed by atoms with E-state index in [-0.39, 0.29) is 28.9 Å². The second-order valence-electron chi connectivity index (χ2n) is 3.25. The molecule has 0 aromatic carbocycles. The fraction of sp³-hybridized carbons (Fsp3) is 0.875. The number of nitrogens with zero attached hydrogens (tertiary/aromatic N) is 1. The first-order valence-corrected chi connectivity index (χ1v) is 4.09. The summed E-state index contributed by atoms with van der Waals surface area (Å²) in [6.45, 7) is 1.43. The third-order valence-electron chi connectivity index (χ3n) is 2.28. The molecule has 4 nitrogen and oxygen atoms in total. The number of aliphatic hydroxyl groups excluding tert-OH is 1. The fourth-order valence-corrected chi connectivity index (χ4v) is 1.49. The van der Waals surface area contributed by atoms with Crippen molar-refractivity contribution in [1.82, 2.24) is 4.90 Å². The van der Waals surface area contributed by atoms with Crippen LogP contribution in [0.1, 0.15) is 6.42 Å². The van der Waals surface area contributed by atoms with Gasteiger partial charge in [-0.05, 0) is 13.5 Å². The number of methoxy groups -OCH3 is 1. The molecular weight excluding hydrogens is 238 g/mol. The molecule has 0 aromatic rings. The van der Waals surface area contributed by atoms with Crippen molar-refractivity contribution >= 4 is 23.0 Å². The summed E-state index contributed by atoms with van der Waals surface area (Å²) in [6.07, 6.45) is 0.115. The molecule has 0 aromatic heterocycles. The van der Waals surface area contributed by atoms with Crippen LogP contribution in [0.5, 0.6) is 0 Å². The second-order valence-corrected chi connectivity index (χ2v) is 3.25. The molecule has 0 saturated carbocycles.